The van der Waals surface area contributed by atoms with Crippen molar-refractivity contribution < 1.29 is 18.6 Å². The molecule has 3 rings (SSSR count). The van der Waals surface area contributed by atoms with E-state index >= 15 is 0 Å². The molecule has 7 heteroatoms. The number of aryl methyl sites for hydroxylation is 1. The fourth-order valence-corrected chi connectivity index (χ4v) is 2.71. The maximum atomic E-state index is 14.2. The number of hydrogen-bond acceptors (Lipinski definition) is 5. The van der Waals surface area contributed by atoms with Crippen LogP contribution in [0.1, 0.15) is 11.1 Å². The third-order valence-corrected chi connectivity index (χ3v) is 4.22. The summed E-state index contributed by atoms with van der Waals surface area (Å²) in [4.78, 5) is 8.34. The zero-order chi connectivity index (χ0) is 19.4. The van der Waals surface area contributed by atoms with Crippen LogP contribution in [0.5, 0.6) is 5.75 Å². The first-order chi connectivity index (χ1) is 13.0. The van der Waals surface area contributed by atoms with Crippen molar-refractivity contribution in [2.75, 3.05) is 19.0 Å². The molecule has 2 aromatic carbocycles. The van der Waals surface area contributed by atoms with Gasteiger partial charge < -0.3 is 15.2 Å². The van der Waals surface area contributed by atoms with Gasteiger partial charge in [-0.2, -0.15) is 4.39 Å². The number of methoxy groups -OCH3 is 1. The zero-order valence-corrected chi connectivity index (χ0v) is 15.0. The number of rotatable bonds is 6. The molecule has 27 heavy (non-hydrogen) atoms. The van der Waals surface area contributed by atoms with Crippen LogP contribution >= 0.6 is 0 Å². The number of aromatic nitrogens is 2. The minimum atomic E-state index is -1.05. The second-order valence-electron chi connectivity index (χ2n) is 5.98. The summed E-state index contributed by atoms with van der Waals surface area (Å²) in [5.41, 5.74) is 3.29. The van der Waals surface area contributed by atoms with Gasteiger partial charge in [-0.3, -0.25) is 0 Å². The van der Waals surface area contributed by atoms with E-state index in [0.29, 0.717) is 17.9 Å². The molecule has 5 nitrogen and oxygen atoms in total. The highest BCUT2D eigenvalue weighted by atomic mass is 19.2. The van der Waals surface area contributed by atoms with E-state index in [1.807, 2.05) is 25.1 Å². The van der Waals surface area contributed by atoms with Crippen LogP contribution in [0.2, 0.25) is 0 Å². The molecule has 0 atom stereocenters. The number of benzene rings is 2. The molecule has 1 heterocycles. The standard InChI is InChI=1S/C20H19F2N3O2/c1-12-3-4-15(9-13(12)7-8-26)25-20-23-10-14(11-24-20)16-5-6-17(27-2)19(22)18(16)21/h3-6,9-11,26H,7-8H2,1-2H3,(H,23,24,25). The number of nitrogens with zero attached hydrogens (tertiary/aromatic N) is 2. The molecule has 0 aliphatic carbocycles. The number of hydrogen-bond donors (Lipinski definition) is 2. The molecule has 0 spiro atoms. The average molecular weight is 371 g/mol. The summed E-state index contributed by atoms with van der Waals surface area (Å²) in [6.07, 6.45) is 3.40. The number of aliphatic hydroxyl groups is 1. The number of aliphatic hydroxyl groups excluding tert-OH is 1. The van der Waals surface area contributed by atoms with E-state index in [1.165, 1.54) is 31.6 Å². The Hall–Kier alpha value is -3.06. The van der Waals surface area contributed by atoms with Gasteiger partial charge in [0, 0.05) is 35.8 Å². The lowest BCUT2D eigenvalue weighted by molar-refractivity contribution is 0.299. The van der Waals surface area contributed by atoms with Gasteiger partial charge in [-0.15, -0.1) is 0 Å². The fraction of sp³-hybridized carbons (Fsp3) is 0.200. The molecule has 1 aromatic heterocycles. The third kappa shape index (κ3) is 4.03. The molecule has 3 aromatic rings. The number of halogens is 2. The Balaban J connectivity index is 1.82. The first kappa shape index (κ1) is 18.7. The van der Waals surface area contributed by atoms with Crippen molar-refractivity contribution in [3.05, 3.63) is 65.5 Å². The van der Waals surface area contributed by atoms with Crippen molar-refractivity contribution in [1.82, 2.24) is 9.97 Å². The summed E-state index contributed by atoms with van der Waals surface area (Å²) in [7, 11) is 1.28. The first-order valence-corrected chi connectivity index (χ1v) is 8.35. The molecule has 0 aliphatic rings. The molecule has 0 fully saturated rings. The van der Waals surface area contributed by atoms with E-state index in [4.69, 9.17) is 9.84 Å². The van der Waals surface area contributed by atoms with Crippen LogP contribution in [0.3, 0.4) is 0 Å². The minimum absolute atomic E-state index is 0.0559. The van der Waals surface area contributed by atoms with E-state index in [9.17, 15) is 8.78 Å². The highest BCUT2D eigenvalue weighted by Gasteiger charge is 2.15. The predicted octanol–water partition coefficient (Wildman–Crippen LogP) is 4.02. The zero-order valence-electron chi connectivity index (χ0n) is 15.0. The topological polar surface area (TPSA) is 67.3 Å². The lowest BCUT2D eigenvalue weighted by Gasteiger charge is -2.10. The van der Waals surface area contributed by atoms with E-state index in [-0.39, 0.29) is 17.9 Å². The second-order valence-corrected chi connectivity index (χ2v) is 5.98. The Morgan fingerprint density at radius 1 is 1.07 bits per heavy atom. The van der Waals surface area contributed by atoms with Gasteiger partial charge in [-0.1, -0.05) is 6.07 Å². The highest BCUT2D eigenvalue weighted by Crippen LogP contribution is 2.29. The molecule has 0 bridgehead atoms. The van der Waals surface area contributed by atoms with Crippen molar-refractivity contribution in [3.63, 3.8) is 0 Å². The van der Waals surface area contributed by atoms with Gasteiger partial charge in [0.25, 0.3) is 0 Å². The molecule has 0 radical (unpaired) electrons. The Morgan fingerprint density at radius 3 is 2.48 bits per heavy atom. The smallest absolute Gasteiger partial charge is 0.227 e. The number of anilines is 2. The van der Waals surface area contributed by atoms with Crippen molar-refractivity contribution in [3.8, 4) is 16.9 Å². The molecular weight excluding hydrogens is 352 g/mol. The van der Waals surface area contributed by atoms with Crippen LogP contribution in [-0.2, 0) is 6.42 Å². The first-order valence-electron chi connectivity index (χ1n) is 8.35. The lowest BCUT2D eigenvalue weighted by Crippen LogP contribution is -2.00. The summed E-state index contributed by atoms with van der Waals surface area (Å²) in [6, 6.07) is 8.52. The van der Waals surface area contributed by atoms with E-state index in [2.05, 4.69) is 15.3 Å². The monoisotopic (exact) mass is 371 g/mol. The molecule has 2 N–H and O–H groups in total. The maximum absolute atomic E-state index is 14.2. The van der Waals surface area contributed by atoms with E-state index in [1.54, 1.807) is 0 Å². The molecule has 0 saturated carbocycles. The highest BCUT2D eigenvalue weighted by molar-refractivity contribution is 5.65. The van der Waals surface area contributed by atoms with Gasteiger partial charge in [0.05, 0.1) is 7.11 Å². The summed E-state index contributed by atoms with van der Waals surface area (Å²) in [5, 5.41) is 12.2. The number of ether oxygens (including phenoxy) is 1. The summed E-state index contributed by atoms with van der Waals surface area (Å²) in [6.45, 7) is 2.04. The maximum Gasteiger partial charge on any atom is 0.227 e. The second kappa shape index (κ2) is 8.09. The van der Waals surface area contributed by atoms with Crippen molar-refractivity contribution in [1.29, 1.82) is 0 Å². The van der Waals surface area contributed by atoms with Gasteiger partial charge in [0.1, 0.15) is 0 Å². The lowest BCUT2D eigenvalue weighted by atomic mass is 10.1. The largest absolute Gasteiger partial charge is 0.494 e. The van der Waals surface area contributed by atoms with Crippen molar-refractivity contribution in [2.24, 2.45) is 0 Å². The Kier molecular flexibility index (Phi) is 5.61. The fourth-order valence-electron chi connectivity index (χ4n) is 2.71. The van der Waals surface area contributed by atoms with Crippen LogP contribution in [0.25, 0.3) is 11.1 Å². The Morgan fingerprint density at radius 2 is 1.81 bits per heavy atom. The van der Waals surface area contributed by atoms with E-state index < -0.39 is 11.6 Å². The average Bonchev–Trinajstić information content (AvgIpc) is 2.68. The normalized spacial score (nSPS) is 10.7. The Bertz CT molecular complexity index is 947. The van der Waals surface area contributed by atoms with Crippen LogP contribution in [0.15, 0.2) is 42.7 Å². The minimum Gasteiger partial charge on any atom is -0.494 e. The van der Waals surface area contributed by atoms with Crippen LogP contribution in [-0.4, -0.2) is 28.8 Å². The molecule has 0 amide bonds. The van der Waals surface area contributed by atoms with Crippen LogP contribution in [0.4, 0.5) is 20.4 Å². The van der Waals surface area contributed by atoms with E-state index in [0.717, 1.165) is 16.8 Å². The SMILES string of the molecule is COc1ccc(-c2cnc(Nc3ccc(C)c(CCO)c3)nc2)c(F)c1F. The molecule has 0 aliphatic heterocycles. The van der Waals surface area contributed by atoms with Gasteiger partial charge in [0.2, 0.25) is 11.8 Å². The van der Waals surface area contributed by atoms with Gasteiger partial charge in [-0.25, -0.2) is 14.4 Å². The van der Waals surface area contributed by atoms with Gasteiger partial charge in [-0.05, 0) is 48.7 Å². The molecular formula is C20H19F2N3O2. The van der Waals surface area contributed by atoms with Crippen LogP contribution < -0.4 is 10.1 Å². The van der Waals surface area contributed by atoms with Gasteiger partial charge in [0.15, 0.2) is 11.6 Å². The molecule has 140 valence electrons. The van der Waals surface area contributed by atoms with Crippen molar-refractivity contribution >= 4 is 11.6 Å². The quantitative estimate of drug-likeness (QED) is 0.685. The predicted molar refractivity (Wildman–Crippen MR) is 99.2 cm³/mol. The summed E-state index contributed by atoms with van der Waals surface area (Å²) < 4.78 is 32.8. The van der Waals surface area contributed by atoms with Crippen LogP contribution in [0, 0.1) is 18.6 Å². The molecule has 0 unspecified atom stereocenters. The summed E-state index contributed by atoms with van der Waals surface area (Å²) in [5.74, 6) is -1.89. The summed E-state index contributed by atoms with van der Waals surface area (Å²) >= 11 is 0. The van der Waals surface area contributed by atoms with Crippen molar-refractivity contribution in [2.45, 2.75) is 13.3 Å². The number of nitrogens with one attached hydrogen (secondary N) is 1. The Labute approximate surface area is 155 Å². The van der Waals surface area contributed by atoms with Gasteiger partial charge >= 0.3 is 0 Å². The molecule has 0 saturated heterocycles. The third-order valence-electron chi connectivity index (χ3n) is 4.22.